The molecule has 2 aromatic rings. The first kappa shape index (κ1) is 13.1. The normalized spacial score (nSPS) is 16.3. The van der Waals surface area contributed by atoms with Crippen LogP contribution in [0.3, 0.4) is 0 Å². The number of aromatic nitrogens is 4. The van der Waals surface area contributed by atoms with Crippen LogP contribution in [0, 0.1) is 0 Å². The molecular weight excluding hydrogens is 254 g/mol. The standard InChI is InChI=1S/C13H21N7/c1-20(9-4-2-3-5-9)7-6-15-11-10-8-16-19-12(10)18-13(14)17-11/h8-9H,2-7H2,1H3,(H4,14,15,16,17,18,19). The van der Waals surface area contributed by atoms with Crippen LogP contribution in [-0.2, 0) is 0 Å². The fourth-order valence-electron chi connectivity index (χ4n) is 2.87. The van der Waals surface area contributed by atoms with Gasteiger partial charge in [-0.3, -0.25) is 5.10 Å². The van der Waals surface area contributed by atoms with E-state index in [2.05, 4.69) is 37.4 Å². The minimum atomic E-state index is 0.258. The van der Waals surface area contributed by atoms with Crippen LogP contribution >= 0.6 is 0 Å². The van der Waals surface area contributed by atoms with E-state index in [0.29, 0.717) is 5.65 Å². The molecule has 0 radical (unpaired) electrons. The molecule has 0 saturated heterocycles. The zero-order valence-corrected chi connectivity index (χ0v) is 11.8. The molecule has 2 aromatic heterocycles. The zero-order valence-electron chi connectivity index (χ0n) is 11.8. The van der Waals surface area contributed by atoms with Crippen LogP contribution < -0.4 is 11.1 Å². The number of anilines is 2. The van der Waals surface area contributed by atoms with E-state index in [9.17, 15) is 0 Å². The van der Waals surface area contributed by atoms with Crippen molar-refractivity contribution in [3.63, 3.8) is 0 Å². The van der Waals surface area contributed by atoms with Crippen molar-refractivity contribution in [1.82, 2.24) is 25.1 Å². The highest BCUT2D eigenvalue weighted by Crippen LogP contribution is 2.22. The number of nitrogens with one attached hydrogen (secondary N) is 2. The minimum absolute atomic E-state index is 0.258. The van der Waals surface area contributed by atoms with Gasteiger partial charge in [-0.1, -0.05) is 12.8 Å². The van der Waals surface area contributed by atoms with E-state index in [0.717, 1.165) is 30.3 Å². The predicted molar refractivity (Wildman–Crippen MR) is 79.5 cm³/mol. The fourth-order valence-corrected chi connectivity index (χ4v) is 2.87. The fraction of sp³-hybridized carbons (Fsp3) is 0.615. The Labute approximate surface area is 118 Å². The molecule has 0 atom stereocenters. The Hall–Kier alpha value is -1.89. The van der Waals surface area contributed by atoms with Gasteiger partial charge in [0, 0.05) is 19.1 Å². The molecule has 0 unspecified atom stereocenters. The van der Waals surface area contributed by atoms with Crippen LogP contribution in [0.2, 0.25) is 0 Å². The van der Waals surface area contributed by atoms with Crippen LogP contribution in [0.1, 0.15) is 25.7 Å². The number of H-pyrrole nitrogens is 1. The maximum atomic E-state index is 5.69. The number of nitrogen functional groups attached to an aromatic ring is 1. The lowest BCUT2D eigenvalue weighted by Crippen LogP contribution is -2.33. The molecule has 0 aromatic carbocycles. The van der Waals surface area contributed by atoms with Gasteiger partial charge in [-0.25, -0.2) is 0 Å². The molecular formula is C13H21N7. The second-order valence-corrected chi connectivity index (χ2v) is 5.41. The Morgan fingerprint density at radius 2 is 2.20 bits per heavy atom. The average molecular weight is 275 g/mol. The van der Waals surface area contributed by atoms with Crippen molar-refractivity contribution in [2.75, 3.05) is 31.2 Å². The van der Waals surface area contributed by atoms with E-state index >= 15 is 0 Å². The number of fused-ring (bicyclic) bond motifs is 1. The van der Waals surface area contributed by atoms with Gasteiger partial charge in [0.25, 0.3) is 0 Å². The maximum Gasteiger partial charge on any atom is 0.224 e. The number of nitrogens with zero attached hydrogens (tertiary/aromatic N) is 4. The van der Waals surface area contributed by atoms with E-state index in [1.807, 2.05) is 0 Å². The number of hydrogen-bond acceptors (Lipinski definition) is 6. The molecule has 1 aliphatic rings. The van der Waals surface area contributed by atoms with Gasteiger partial charge in [-0.15, -0.1) is 0 Å². The molecule has 0 bridgehead atoms. The van der Waals surface area contributed by atoms with Gasteiger partial charge in [-0.2, -0.15) is 15.1 Å². The summed E-state index contributed by atoms with van der Waals surface area (Å²) in [5, 5.41) is 11.0. The first-order valence-electron chi connectivity index (χ1n) is 7.15. The monoisotopic (exact) mass is 275 g/mol. The van der Waals surface area contributed by atoms with Crippen LogP contribution in [0.25, 0.3) is 11.0 Å². The summed E-state index contributed by atoms with van der Waals surface area (Å²) in [6.07, 6.45) is 7.09. The Bertz CT molecular complexity index is 573. The molecule has 108 valence electrons. The SMILES string of the molecule is CN(CCNc1nc(N)nc2[nH]ncc12)C1CCCC1. The summed E-state index contributed by atoms with van der Waals surface area (Å²) in [6, 6.07) is 0.737. The minimum Gasteiger partial charge on any atom is -0.368 e. The number of nitrogens with two attached hydrogens (primary N) is 1. The third-order valence-corrected chi connectivity index (χ3v) is 4.03. The summed E-state index contributed by atoms with van der Waals surface area (Å²) in [6.45, 7) is 1.83. The molecule has 3 rings (SSSR count). The number of likely N-dealkylation sites (N-methyl/N-ethyl adjacent to an activating group) is 1. The summed E-state index contributed by atoms with van der Waals surface area (Å²) in [4.78, 5) is 10.8. The summed E-state index contributed by atoms with van der Waals surface area (Å²) < 4.78 is 0. The maximum absolute atomic E-state index is 5.69. The molecule has 1 fully saturated rings. The van der Waals surface area contributed by atoms with Crippen LogP contribution in [0.15, 0.2) is 6.20 Å². The molecule has 7 nitrogen and oxygen atoms in total. The van der Waals surface area contributed by atoms with Crippen molar-refractivity contribution in [1.29, 1.82) is 0 Å². The highest BCUT2D eigenvalue weighted by atomic mass is 15.2. The molecule has 20 heavy (non-hydrogen) atoms. The number of hydrogen-bond donors (Lipinski definition) is 3. The van der Waals surface area contributed by atoms with E-state index in [4.69, 9.17) is 5.73 Å². The van der Waals surface area contributed by atoms with Crippen molar-refractivity contribution >= 4 is 22.8 Å². The molecule has 2 heterocycles. The van der Waals surface area contributed by atoms with Gasteiger partial charge in [0.15, 0.2) is 5.65 Å². The highest BCUT2D eigenvalue weighted by molar-refractivity contribution is 5.86. The van der Waals surface area contributed by atoms with E-state index in [-0.39, 0.29) is 5.95 Å². The van der Waals surface area contributed by atoms with Gasteiger partial charge < -0.3 is 16.0 Å². The van der Waals surface area contributed by atoms with Crippen LogP contribution in [0.4, 0.5) is 11.8 Å². The topological polar surface area (TPSA) is 95.7 Å². The molecule has 7 heteroatoms. The van der Waals surface area contributed by atoms with Gasteiger partial charge in [0.05, 0.1) is 11.6 Å². The Kier molecular flexibility index (Phi) is 3.68. The highest BCUT2D eigenvalue weighted by Gasteiger charge is 2.19. The van der Waals surface area contributed by atoms with Gasteiger partial charge in [-0.05, 0) is 19.9 Å². The lowest BCUT2D eigenvalue weighted by molar-refractivity contribution is 0.254. The van der Waals surface area contributed by atoms with Crippen LogP contribution in [0.5, 0.6) is 0 Å². The van der Waals surface area contributed by atoms with Gasteiger partial charge in [0.2, 0.25) is 5.95 Å². The van der Waals surface area contributed by atoms with Crippen molar-refractivity contribution < 1.29 is 0 Å². The Morgan fingerprint density at radius 1 is 1.40 bits per heavy atom. The van der Waals surface area contributed by atoms with Crippen molar-refractivity contribution in [3.05, 3.63) is 6.20 Å². The number of aromatic amines is 1. The third-order valence-electron chi connectivity index (χ3n) is 4.03. The number of rotatable bonds is 5. The average Bonchev–Trinajstić information content (AvgIpc) is 3.09. The lowest BCUT2D eigenvalue weighted by atomic mass is 10.2. The second kappa shape index (κ2) is 5.62. The molecule has 1 saturated carbocycles. The molecule has 1 aliphatic carbocycles. The molecule has 0 aliphatic heterocycles. The van der Waals surface area contributed by atoms with E-state index in [1.165, 1.54) is 25.7 Å². The summed E-state index contributed by atoms with van der Waals surface area (Å²) in [7, 11) is 2.19. The quantitative estimate of drug-likeness (QED) is 0.759. The largest absolute Gasteiger partial charge is 0.368 e. The lowest BCUT2D eigenvalue weighted by Gasteiger charge is -2.24. The molecule has 4 N–H and O–H groups in total. The zero-order chi connectivity index (χ0) is 13.9. The van der Waals surface area contributed by atoms with Gasteiger partial charge in [0.1, 0.15) is 5.82 Å². The first-order chi connectivity index (χ1) is 9.74. The molecule has 0 spiro atoms. The molecule has 0 amide bonds. The van der Waals surface area contributed by atoms with Gasteiger partial charge >= 0.3 is 0 Å². The summed E-state index contributed by atoms with van der Waals surface area (Å²) >= 11 is 0. The Morgan fingerprint density at radius 3 is 3.00 bits per heavy atom. The predicted octanol–water partition coefficient (Wildman–Crippen LogP) is 1.22. The third kappa shape index (κ3) is 2.67. The van der Waals surface area contributed by atoms with E-state index < -0.39 is 0 Å². The van der Waals surface area contributed by atoms with Crippen molar-refractivity contribution in [3.8, 4) is 0 Å². The summed E-state index contributed by atoms with van der Waals surface area (Å²) in [5.74, 6) is 1.01. The van der Waals surface area contributed by atoms with Crippen molar-refractivity contribution in [2.24, 2.45) is 0 Å². The van der Waals surface area contributed by atoms with E-state index in [1.54, 1.807) is 6.20 Å². The first-order valence-corrected chi connectivity index (χ1v) is 7.15. The second-order valence-electron chi connectivity index (χ2n) is 5.41. The summed E-state index contributed by atoms with van der Waals surface area (Å²) in [5.41, 5.74) is 6.37. The Balaban J connectivity index is 1.60. The smallest absolute Gasteiger partial charge is 0.224 e. The van der Waals surface area contributed by atoms with Crippen LogP contribution in [-0.4, -0.2) is 51.2 Å². The van der Waals surface area contributed by atoms with Crippen molar-refractivity contribution in [2.45, 2.75) is 31.7 Å².